The number of ether oxygens (including phenoxy) is 1. The third-order valence-corrected chi connectivity index (χ3v) is 5.32. The molecule has 1 saturated heterocycles. The van der Waals surface area contributed by atoms with Crippen LogP contribution in [0.2, 0.25) is 0 Å². The van der Waals surface area contributed by atoms with Crippen LogP contribution in [0.1, 0.15) is 45.2 Å². The van der Waals surface area contributed by atoms with Crippen LogP contribution in [0, 0.1) is 5.82 Å². The van der Waals surface area contributed by atoms with Gasteiger partial charge in [-0.05, 0) is 24.6 Å². The number of halogens is 1. The molecule has 1 fully saturated rings. The van der Waals surface area contributed by atoms with Crippen LogP contribution in [-0.2, 0) is 9.53 Å². The van der Waals surface area contributed by atoms with Gasteiger partial charge in [0.05, 0.1) is 24.3 Å². The van der Waals surface area contributed by atoms with E-state index < -0.39 is 6.10 Å². The third kappa shape index (κ3) is 3.78. The van der Waals surface area contributed by atoms with Crippen molar-refractivity contribution < 1.29 is 23.5 Å². The number of morpholine rings is 1. The summed E-state index contributed by atoms with van der Waals surface area (Å²) in [6.07, 6.45) is 0.0915. The van der Waals surface area contributed by atoms with Gasteiger partial charge in [-0.25, -0.2) is 4.39 Å². The van der Waals surface area contributed by atoms with Gasteiger partial charge < -0.3 is 9.64 Å². The molecule has 0 saturated carbocycles. The smallest absolute Gasteiger partial charge is 0.261 e. The van der Waals surface area contributed by atoms with Crippen LogP contribution in [0.5, 0.6) is 0 Å². The van der Waals surface area contributed by atoms with E-state index in [-0.39, 0.29) is 43.0 Å². The molecule has 6 nitrogen and oxygen atoms in total. The molecule has 2 aliphatic heterocycles. The Kier molecular flexibility index (Phi) is 5.40. The van der Waals surface area contributed by atoms with Crippen LogP contribution in [0.15, 0.2) is 48.5 Å². The largest absolute Gasteiger partial charge is 0.370 e. The van der Waals surface area contributed by atoms with Crippen molar-refractivity contribution >= 4 is 17.7 Å². The molecule has 1 unspecified atom stereocenters. The van der Waals surface area contributed by atoms with Crippen molar-refractivity contribution in [2.24, 2.45) is 0 Å². The minimum atomic E-state index is -0.495. The van der Waals surface area contributed by atoms with E-state index in [4.69, 9.17) is 4.74 Å². The van der Waals surface area contributed by atoms with Crippen LogP contribution in [0.3, 0.4) is 0 Å². The van der Waals surface area contributed by atoms with Gasteiger partial charge in [0.1, 0.15) is 11.9 Å². The number of rotatable bonds is 5. The summed E-state index contributed by atoms with van der Waals surface area (Å²) in [5.41, 5.74) is 1.26. The molecule has 0 N–H and O–H groups in total. The van der Waals surface area contributed by atoms with E-state index >= 15 is 0 Å². The first-order valence-electron chi connectivity index (χ1n) is 9.65. The van der Waals surface area contributed by atoms with Crippen molar-refractivity contribution in [2.75, 3.05) is 26.2 Å². The predicted octanol–water partition coefficient (Wildman–Crippen LogP) is 2.80. The molecular formula is C22H21FN2O4. The van der Waals surface area contributed by atoms with Crippen LogP contribution < -0.4 is 0 Å². The van der Waals surface area contributed by atoms with Gasteiger partial charge in [0.2, 0.25) is 5.91 Å². The average Bonchev–Trinajstić information content (AvgIpc) is 2.99. The van der Waals surface area contributed by atoms with Gasteiger partial charge in [0.15, 0.2) is 0 Å². The maximum atomic E-state index is 14.0. The Morgan fingerprint density at radius 2 is 1.69 bits per heavy atom. The molecule has 3 amide bonds. The van der Waals surface area contributed by atoms with E-state index in [1.54, 1.807) is 47.4 Å². The summed E-state index contributed by atoms with van der Waals surface area (Å²) < 4.78 is 19.7. The highest BCUT2D eigenvalue weighted by molar-refractivity contribution is 6.21. The minimum absolute atomic E-state index is 0.0914. The number of fused-ring (bicyclic) bond motifs is 1. The topological polar surface area (TPSA) is 66.9 Å². The minimum Gasteiger partial charge on any atom is -0.370 e. The van der Waals surface area contributed by atoms with Gasteiger partial charge in [0, 0.05) is 25.1 Å². The first kappa shape index (κ1) is 19.3. The molecule has 7 heteroatoms. The molecule has 2 heterocycles. The number of carbonyl (C=O) groups excluding carboxylic acids is 3. The van der Waals surface area contributed by atoms with E-state index in [9.17, 15) is 18.8 Å². The van der Waals surface area contributed by atoms with E-state index in [0.717, 1.165) is 0 Å². The Bertz CT molecular complexity index is 926. The van der Waals surface area contributed by atoms with Gasteiger partial charge in [0.25, 0.3) is 11.8 Å². The molecule has 2 aromatic rings. The zero-order valence-corrected chi connectivity index (χ0v) is 15.8. The summed E-state index contributed by atoms with van der Waals surface area (Å²) in [4.78, 5) is 40.2. The number of carbonyl (C=O) groups is 3. The van der Waals surface area contributed by atoms with Gasteiger partial charge >= 0.3 is 0 Å². The van der Waals surface area contributed by atoms with Crippen LogP contribution in [0.25, 0.3) is 0 Å². The fourth-order valence-corrected chi connectivity index (χ4v) is 3.79. The Balaban J connectivity index is 1.32. The molecule has 0 aromatic heterocycles. The molecule has 2 aromatic carbocycles. The highest BCUT2D eigenvalue weighted by atomic mass is 19.1. The van der Waals surface area contributed by atoms with E-state index in [0.29, 0.717) is 36.3 Å². The summed E-state index contributed by atoms with van der Waals surface area (Å²) in [7, 11) is 0. The lowest BCUT2D eigenvalue weighted by Gasteiger charge is -2.33. The molecular weight excluding hydrogens is 375 g/mol. The zero-order chi connectivity index (χ0) is 20.4. The van der Waals surface area contributed by atoms with Gasteiger partial charge in [-0.3, -0.25) is 19.3 Å². The van der Waals surface area contributed by atoms with Crippen LogP contribution in [0.4, 0.5) is 4.39 Å². The summed E-state index contributed by atoms with van der Waals surface area (Å²) >= 11 is 0. The standard InChI is InChI=1S/C22H21FN2O4/c23-18-9-4-3-8-17(18)19-14-24(12-13-29-19)20(26)10-5-11-25-21(27)15-6-1-2-7-16(15)22(25)28/h1-4,6-9,19H,5,10-14H2. The van der Waals surface area contributed by atoms with Crippen molar-refractivity contribution in [1.82, 2.24) is 9.80 Å². The summed E-state index contributed by atoms with van der Waals surface area (Å²) in [5.74, 6) is -1.07. The molecule has 0 aliphatic carbocycles. The second kappa shape index (κ2) is 8.13. The predicted molar refractivity (Wildman–Crippen MR) is 103 cm³/mol. The summed E-state index contributed by atoms with van der Waals surface area (Å²) in [6, 6.07) is 13.1. The third-order valence-electron chi connectivity index (χ3n) is 5.32. The van der Waals surface area contributed by atoms with E-state index in [1.807, 2.05) is 0 Å². The Hall–Kier alpha value is -3.06. The van der Waals surface area contributed by atoms with Crippen LogP contribution in [-0.4, -0.2) is 53.8 Å². The Morgan fingerprint density at radius 1 is 1.03 bits per heavy atom. The maximum Gasteiger partial charge on any atom is 0.261 e. The molecule has 150 valence electrons. The van der Waals surface area contributed by atoms with Crippen molar-refractivity contribution in [3.8, 4) is 0 Å². The normalized spacial score (nSPS) is 18.9. The molecule has 0 radical (unpaired) electrons. The highest BCUT2D eigenvalue weighted by Crippen LogP contribution is 2.26. The fourth-order valence-electron chi connectivity index (χ4n) is 3.79. The second-order valence-electron chi connectivity index (χ2n) is 7.13. The average molecular weight is 396 g/mol. The quantitative estimate of drug-likeness (QED) is 0.729. The number of amides is 3. The monoisotopic (exact) mass is 396 g/mol. The lowest BCUT2D eigenvalue weighted by atomic mass is 10.1. The van der Waals surface area contributed by atoms with Gasteiger partial charge in [-0.1, -0.05) is 30.3 Å². The number of imide groups is 1. The summed E-state index contributed by atoms with van der Waals surface area (Å²) in [5, 5.41) is 0. The first-order valence-corrected chi connectivity index (χ1v) is 9.65. The van der Waals surface area contributed by atoms with E-state index in [1.165, 1.54) is 11.0 Å². The van der Waals surface area contributed by atoms with Crippen molar-refractivity contribution in [3.05, 3.63) is 71.0 Å². The SMILES string of the molecule is O=C(CCCN1C(=O)c2ccccc2C1=O)N1CCOC(c2ccccc2F)C1. The molecule has 4 rings (SSSR count). The molecule has 0 spiro atoms. The number of benzene rings is 2. The maximum absolute atomic E-state index is 14.0. The second-order valence-corrected chi connectivity index (χ2v) is 7.13. The van der Waals surface area contributed by atoms with Crippen molar-refractivity contribution in [2.45, 2.75) is 18.9 Å². The van der Waals surface area contributed by atoms with E-state index in [2.05, 4.69) is 0 Å². The Morgan fingerprint density at radius 3 is 2.38 bits per heavy atom. The molecule has 0 bridgehead atoms. The van der Waals surface area contributed by atoms with Crippen molar-refractivity contribution in [1.29, 1.82) is 0 Å². The zero-order valence-electron chi connectivity index (χ0n) is 15.8. The lowest BCUT2D eigenvalue weighted by Crippen LogP contribution is -2.42. The van der Waals surface area contributed by atoms with Gasteiger partial charge in [-0.2, -0.15) is 0 Å². The number of nitrogens with zero attached hydrogens (tertiary/aromatic N) is 2. The van der Waals surface area contributed by atoms with Crippen molar-refractivity contribution in [3.63, 3.8) is 0 Å². The molecule has 2 aliphatic rings. The number of hydrogen-bond acceptors (Lipinski definition) is 4. The Labute approximate surface area is 167 Å². The molecule has 29 heavy (non-hydrogen) atoms. The molecule has 1 atom stereocenters. The van der Waals surface area contributed by atoms with Crippen LogP contribution >= 0.6 is 0 Å². The fraction of sp³-hybridized carbons (Fsp3) is 0.318. The summed E-state index contributed by atoms with van der Waals surface area (Å²) in [6.45, 7) is 1.26. The first-order chi connectivity index (χ1) is 14.1. The van der Waals surface area contributed by atoms with Gasteiger partial charge in [-0.15, -0.1) is 0 Å². The number of hydrogen-bond donors (Lipinski definition) is 0. The highest BCUT2D eigenvalue weighted by Gasteiger charge is 2.35. The lowest BCUT2D eigenvalue weighted by molar-refractivity contribution is -0.139.